The van der Waals surface area contributed by atoms with Gasteiger partial charge in [-0.05, 0) is 91.9 Å². The summed E-state index contributed by atoms with van der Waals surface area (Å²) in [5, 5.41) is 9.45. The van der Waals surface area contributed by atoms with Gasteiger partial charge in [-0.15, -0.1) is 0 Å². The van der Waals surface area contributed by atoms with E-state index in [4.69, 9.17) is 0 Å². The van der Waals surface area contributed by atoms with Gasteiger partial charge >= 0.3 is 0 Å². The molecule has 0 radical (unpaired) electrons. The summed E-state index contributed by atoms with van der Waals surface area (Å²) in [5.41, 5.74) is 12.3. The SMILES string of the molecule is CC1(C)c2cc3c(ccc4ccc5c(c43)NC(c3ccccc3)S5)cc2C2=CC=C3C(c4ccccc4N3c3ccccc3)C21. The van der Waals surface area contributed by atoms with E-state index in [1.165, 1.54) is 77.0 Å². The Kier molecular flexibility index (Phi) is 5.20. The van der Waals surface area contributed by atoms with Gasteiger partial charge in [0.1, 0.15) is 5.37 Å². The van der Waals surface area contributed by atoms with Crippen molar-refractivity contribution in [2.45, 2.75) is 35.4 Å². The van der Waals surface area contributed by atoms with Crippen molar-refractivity contribution < 1.29 is 0 Å². The highest BCUT2D eigenvalue weighted by Gasteiger charge is 2.53. The summed E-state index contributed by atoms with van der Waals surface area (Å²) >= 11 is 1.92. The minimum atomic E-state index is -0.0474. The maximum atomic E-state index is 3.92. The minimum absolute atomic E-state index is 0.0474. The van der Waals surface area contributed by atoms with Gasteiger partial charge in [0.25, 0.3) is 0 Å². The van der Waals surface area contributed by atoms with Crippen LogP contribution < -0.4 is 10.2 Å². The van der Waals surface area contributed by atoms with Gasteiger partial charge in [0.2, 0.25) is 0 Å². The maximum Gasteiger partial charge on any atom is 0.103 e. The number of para-hydroxylation sites is 2. The van der Waals surface area contributed by atoms with E-state index < -0.39 is 0 Å². The van der Waals surface area contributed by atoms with Crippen LogP contribution in [0.25, 0.3) is 27.1 Å². The number of allylic oxidation sites excluding steroid dienone is 4. The zero-order valence-corrected chi connectivity index (χ0v) is 26.1. The molecule has 0 fully saturated rings. The van der Waals surface area contributed by atoms with E-state index in [1.807, 2.05) is 11.8 Å². The fourth-order valence-corrected chi connectivity index (χ4v) is 9.88. The van der Waals surface area contributed by atoms with E-state index in [9.17, 15) is 0 Å². The molecule has 2 nitrogen and oxygen atoms in total. The van der Waals surface area contributed by atoms with Crippen LogP contribution in [0, 0.1) is 5.92 Å². The molecule has 2 aliphatic carbocycles. The summed E-state index contributed by atoms with van der Waals surface area (Å²) in [6.07, 6.45) is 4.83. The summed E-state index contributed by atoms with van der Waals surface area (Å²) in [4.78, 5) is 3.82. The molecule has 0 saturated heterocycles. The summed E-state index contributed by atoms with van der Waals surface area (Å²) in [6.45, 7) is 4.96. The summed E-state index contributed by atoms with van der Waals surface area (Å²) in [5.74, 6) is 0.657. The number of anilines is 3. The molecule has 0 spiro atoms. The first kappa shape index (κ1) is 25.6. The van der Waals surface area contributed by atoms with Crippen LogP contribution in [-0.2, 0) is 5.41 Å². The van der Waals surface area contributed by atoms with Crippen molar-refractivity contribution in [3.8, 4) is 0 Å². The number of thioether (sulfide) groups is 1. The third-order valence-electron chi connectivity index (χ3n) is 10.7. The number of hydrogen-bond acceptors (Lipinski definition) is 3. The quantitative estimate of drug-likeness (QED) is 0.200. The van der Waals surface area contributed by atoms with E-state index in [-0.39, 0.29) is 10.8 Å². The van der Waals surface area contributed by atoms with Crippen LogP contribution in [0.1, 0.15) is 47.4 Å². The largest absolute Gasteiger partial charge is 0.368 e. The third kappa shape index (κ3) is 3.48. The highest BCUT2D eigenvalue weighted by molar-refractivity contribution is 8.00. The van der Waals surface area contributed by atoms with Crippen molar-refractivity contribution >= 4 is 55.9 Å². The Morgan fingerprint density at radius 2 is 1.47 bits per heavy atom. The van der Waals surface area contributed by atoms with Crippen LogP contribution in [0.5, 0.6) is 0 Å². The lowest BCUT2D eigenvalue weighted by molar-refractivity contribution is 0.377. The molecule has 1 N–H and O–H groups in total. The maximum absolute atomic E-state index is 3.92. The van der Waals surface area contributed by atoms with Crippen molar-refractivity contribution in [2.24, 2.45) is 5.92 Å². The van der Waals surface area contributed by atoms with Crippen molar-refractivity contribution in [1.82, 2.24) is 0 Å². The second kappa shape index (κ2) is 9.15. The van der Waals surface area contributed by atoms with Gasteiger partial charge in [-0.3, -0.25) is 0 Å². The number of fused-ring (bicyclic) bond motifs is 12. The standard InChI is InChI=1S/C42H32N2S/c1-42(2)33-24-31-27(18-17-25-19-22-36-40(37(25)31)43-41(45-36)26-11-5-3-6-12-26)23-32(33)29-20-21-35-38(39(29)42)30-15-9-10-16-34(30)44(35)28-13-7-4-8-14-28/h3-24,38-39,41,43H,1-2H3. The molecule has 0 amide bonds. The van der Waals surface area contributed by atoms with Gasteiger partial charge in [0.05, 0.1) is 5.69 Å². The average Bonchev–Trinajstić information content (AvgIpc) is 3.73. The Morgan fingerprint density at radius 1 is 0.733 bits per heavy atom. The fourth-order valence-electron chi connectivity index (χ4n) is 8.73. The van der Waals surface area contributed by atoms with Gasteiger partial charge in [0.15, 0.2) is 0 Å². The molecular weight excluding hydrogens is 565 g/mol. The van der Waals surface area contributed by atoms with Crippen LogP contribution in [0.2, 0.25) is 0 Å². The number of rotatable bonds is 2. The van der Waals surface area contributed by atoms with E-state index >= 15 is 0 Å². The lowest BCUT2D eigenvalue weighted by Gasteiger charge is -2.37. The Balaban J connectivity index is 1.15. The van der Waals surface area contributed by atoms with E-state index in [0.717, 1.165) is 0 Å². The Labute approximate surface area is 268 Å². The van der Waals surface area contributed by atoms with E-state index in [2.05, 4.69) is 158 Å². The molecule has 216 valence electrons. The topological polar surface area (TPSA) is 15.3 Å². The number of nitrogens with one attached hydrogen (secondary N) is 1. The highest BCUT2D eigenvalue weighted by atomic mass is 32.2. The normalized spacial score (nSPS) is 21.8. The predicted octanol–water partition coefficient (Wildman–Crippen LogP) is 11.3. The van der Waals surface area contributed by atoms with Gasteiger partial charge in [0, 0.05) is 39.2 Å². The first-order valence-electron chi connectivity index (χ1n) is 16.0. The molecule has 6 aromatic carbocycles. The zero-order valence-electron chi connectivity index (χ0n) is 25.3. The molecule has 10 rings (SSSR count). The Hall–Kier alpha value is -4.73. The molecule has 0 bridgehead atoms. The van der Waals surface area contributed by atoms with Crippen molar-refractivity contribution in [2.75, 3.05) is 10.2 Å². The molecule has 3 heteroatoms. The second-order valence-corrected chi connectivity index (χ2v) is 14.5. The van der Waals surface area contributed by atoms with E-state index in [0.29, 0.717) is 11.8 Å². The summed E-state index contributed by atoms with van der Waals surface area (Å²) < 4.78 is 0. The van der Waals surface area contributed by atoms with Crippen molar-refractivity contribution in [3.63, 3.8) is 0 Å². The first-order valence-corrected chi connectivity index (χ1v) is 16.8. The molecular formula is C42H32N2S. The summed E-state index contributed by atoms with van der Waals surface area (Å²) in [6, 6.07) is 45.0. The molecule has 45 heavy (non-hydrogen) atoms. The number of benzene rings is 6. The first-order chi connectivity index (χ1) is 22.1. The van der Waals surface area contributed by atoms with Gasteiger partial charge < -0.3 is 10.2 Å². The monoisotopic (exact) mass is 596 g/mol. The number of hydrogen-bond donors (Lipinski definition) is 1. The van der Waals surface area contributed by atoms with Crippen LogP contribution in [0.4, 0.5) is 17.1 Å². The molecule has 3 unspecified atom stereocenters. The Bertz CT molecular complexity index is 2260. The van der Waals surface area contributed by atoms with Crippen LogP contribution >= 0.6 is 11.8 Å². The minimum Gasteiger partial charge on any atom is -0.368 e. The van der Waals surface area contributed by atoms with Crippen LogP contribution in [0.15, 0.2) is 144 Å². The molecule has 2 aliphatic heterocycles. The number of nitrogens with zero attached hydrogens (tertiary/aromatic N) is 1. The molecule has 6 aromatic rings. The highest BCUT2D eigenvalue weighted by Crippen LogP contribution is 2.64. The third-order valence-corrected chi connectivity index (χ3v) is 11.9. The smallest absolute Gasteiger partial charge is 0.103 e. The van der Waals surface area contributed by atoms with E-state index in [1.54, 1.807) is 0 Å². The average molecular weight is 597 g/mol. The Morgan fingerprint density at radius 3 is 2.31 bits per heavy atom. The van der Waals surface area contributed by atoms with Crippen molar-refractivity contribution in [1.29, 1.82) is 0 Å². The predicted molar refractivity (Wildman–Crippen MR) is 190 cm³/mol. The van der Waals surface area contributed by atoms with Gasteiger partial charge in [-0.2, -0.15) is 0 Å². The zero-order chi connectivity index (χ0) is 29.9. The lowest BCUT2D eigenvalue weighted by Crippen LogP contribution is -2.31. The van der Waals surface area contributed by atoms with Gasteiger partial charge in [-0.25, -0.2) is 0 Å². The lowest BCUT2D eigenvalue weighted by atomic mass is 9.67. The molecule has 3 atom stereocenters. The summed E-state index contributed by atoms with van der Waals surface area (Å²) in [7, 11) is 0. The van der Waals surface area contributed by atoms with Crippen LogP contribution in [-0.4, -0.2) is 0 Å². The molecule has 0 saturated carbocycles. The molecule has 0 aromatic heterocycles. The van der Waals surface area contributed by atoms with Crippen LogP contribution in [0.3, 0.4) is 0 Å². The second-order valence-electron chi connectivity index (χ2n) is 13.4. The fraction of sp³-hybridized carbons (Fsp3) is 0.143. The molecule has 2 heterocycles. The molecule has 4 aliphatic rings. The van der Waals surface area contributed by atoms with Gasteiger partial charge in [-0.1, -0.05) is 117 Å². The van der Waals surface area contributed by atoms with Crippen molar-refractivity contribution in [3.05, 3.63) is 161 Å².